The molecule has 0 fully saturated rings. The second-order valence-corrected chi connectivity index (χ2v) is 20.9. The van der Waals surface area contributed by atoms with Gasteiger partial charge in [0, 0.05) is 27.7 Å². The number of aromatic nitrogens is 3. The summed E-state index contributed by atoms with van der Waals surface area (Å²) in [6.45, 7) is 24.9. The zero-order valence-corrected chi connectivity index (χ0v) is 39.6. The molecule has 0 N–H and O–H groups in total. The number of nitrogens with zero attached hydrogens (tertiary/aromatic N) is 4. The first-order valence-electron chi connectivity index (χ1n) is 21.8. The number of hydrogen-bond acceptors (Lipinski definition) is 2. The third kappa shape index (κ3) is 7.24. The molecule has 0 radical (unpaired) electrons. The van der Waals surface area contributed by atoms with Crippen molar-refractivity contribution in [2.75, 3.05) is 4.90 Å². The summed E-state index contributed by atoms with van der Waals surface area (Å²) < 4.78 is 5.79. The molecule has 62 heavy (non-hydrogen) atoms. The van der Waals surface area contributed by atoms with Gasteiger partial charge in [-0.05, 0) is 135 Å². The van der Waals surface area contributed by atoms with Crippen molar-refractivity contribution in [1.29, 1.82) is 0 Å². The topological polar surface area (TPSA) is 26.0 Å². The largest absolute Gasteiger partial charge is 0.309 e. The van der Waals surface area contributed by atoms with E-state index in [-0.39, 0.29) is 16.2 Å². The average molecular weight is 878 g/mol. The van der Waals surface area contributed by atoms with E-state index < -0.39 is 0 Å². The summed E-state index contributed by atoms with van der Waals surface area (Å²) in [5, 5.41) is 2.45. The van der Waals surface area contributed by atoms with Gasteiger partial charge in [0.2, 0.25) is 0 Å². The molecule has 312 valence electrons. The van der Waals surface area contributed by atoms with Crippen LogP contribution in [0.1, 0.15) is 90.1 Å². The van der Waals surface area contributed by atoms with Crippen LogP contribution in [0, 0.1) is 13.8 Å². The minimum Gasteiger partial charge on any atom is -0.309 e. The first-order valence-corrected chi connectivity index (χ1v) is 22.6. The Hall–Kier alpha value is -5.91. The molecular weight excluding hydrogens is 821 g/mol. The van der Waals surface area contributed by atoms with Crippen molar-refractivity contribution in [2.45, 2.75) is 92.4 Å². The molecule has 0 bridgehead atoms. The van der Waals surface area contributed by atoms with E-state index in [0.29, 0.717) is 0 Å². The summed E-state index contributed by atoms with van der Waals surface area (Å²) in [6, 6.07) is 53.9. The zero-order valence-electron chi connectivity index (χ0n) is 38.0. The van der Waals surface area contributed by atoms with Gasteiger partial charge in [0.1, 0.15) is 5.82 Å². The van der Waals surface area contributed by atoms with Crippen molar-refractivity contribution < 1.29 is 0 Å². The van der Waals surface area contributed by atoms with Gasteiger partial charge in [-0.2, -0.15) is 0 Å². The Kier molecular flexibility index (Phi) is 10.1. The molecule has 4 nitrogen and oxygen atoms in total. The van der Waals surface area contributed by atoms with Gasteiger partial charge in [0.25, 0.3) is 0 Å². The lowest BCUT2D eigenvalue weighted by Crippen LogP contribution is -2.16. The highest BCUT2D eigenvalue weighted by Gasteiger charge is 2.27. The molecule has 5 heteroatoms. The van der Waals surface area contributed by atoms with Gasteiger partial charge in [-0.3, -0.25) is 4.57 Å². The van der Waals surface area contributed by atoms with Gasteiger partial charge in [0.15, 0.2) is 0 Å². The summed E-state index contributed by atoms with van der Waals surface area (Å²) in [5.74, 6) is 0.920. The molecule has 2 heterocycles. The number of halogens is 1. The summed E-state index contributed by atoms with van der Waals surface area (Å²) in [5.41, 5.74) is 16.9. The molecule has 0 saturated carbocycles. The molecule has 0 aliphatic carbocycles. The van der Waals surface area contributed by atoms with Gasteiger partial charge in [-0.15, -0.1) is 0 Å². The first kappa shape index (κ1) is 41.4. The van der Waals surface area contributed by atoms with Crippen LogP contribution in [0.15, 0.2) is 150 Å². The Balaban J connectivity index is 1.43. The van der Waals surface area contributed by atoms with Crippen LogP contribution in [0.4, 0.5) is 17.1 Å². The first-order chi connectivity index (χ1) is 29.4. The Bertz CT molecular complexity index is 3010. The molecule has 9 rings (SSSR count). The van der Waals surface area contributed by atoms with Gasteiger partial charge < -0.3 is 9.47 Å². The molecule has 0 aliphatic heterocycles. The van der Waals surface area contributed by atoms with Crippen molar-refractivity contribution >= 4 is 65.8 Å². The lowest BCUT2D eigenvalue weighted by atomic mass is 9.86. The molecule has 9 aromatic rings. The van der Waals surface area contributed by atoms with Crippen LogP contribution in [0.5, 0.6) is 0 Å². The Labute approximate surface area is 376 Å². The fourth-order valence-corrected chi connectivity index (χ4v) is 9.59. The highest BCUT2D eigenvalue weighted by Crippen LogP contribution is 2.47. The number of imidazole rings is 1. The lowest BCUT2D eigenvalue weighted by Gasteiger charge is -2.30. The standard InChI is InChI=1S/C57H57BrN4/c1-36-17-16-18-37(2)52(36)54-59-46-33-40(57(9,10)11)27-32-49(46)62(54)51-35-43(61-47-21-14-12-19-44(47)45-20-13-15-22-48(45)61)34-50(53(51)58)60(41-28-23-38(24-29-41)55(3,4)5)42-30-25-39(26-31-42)56(6,7)8/h12-35H,1-11H3. The third-order valence-electron chi connectivity index (χ3n) is 12.5. The smallest absolute Gasteiger partial charge is 0.146 e. The van der Waals surface area contributed by atoms with E-state index in [4.69, 9.17) is 4.98 Å². The quantitative estimate of drug-likeness (QED) is 0.166. The van der Waals surface area contributed by atoms with E-state index in [9.17, 15) is 0 Å². The second kappa shape index (κ2) is 15.2. The number of anilines is 3. The summed E-state index contributed by atoms with van der Waals surface area (Å²) >= 11 is 4.36. The third-order valence-corrected chi connectivity index (χ3v) is 13.4. The van der Waals surface area contributed by atoms with Crippen molar-refractivity contribution in [1.82, 2.24) is 14.1 Å². The van der Waals surface area contributed by atoms with E-state index in [1.54, 1.807) is 0 Å². The van der Waals surface area contributed by atoms with Gasteiger partial charge in [-0.1, -0.05) is 147 Å². The maximum absolute atomic E-state index is 5.57. The molecule has 0 saturated heterocycles. The number of fused-ring (bicyclic) bond motifs is 4. The molecule has 0 atom stereocenters. The Morgan fingerprint density at radius 1 is 0.484 bits per heavy atom. The maximum atomic E-state index is 5.57. The molecule has 2 aromatic heterocycles. The molecular formula is C57H57BrN4. The van der Waals surface area contributed by atoms with E-state index in [1.807, 2.05) is 0 Å². The maximum Gasteiger partial charge on any atom is 0.146 e. The second-order valence-electron chi connectivity index (χ2n) is 20.1. The SMILES string of the molecule is Cc1cccc(C)c1-c1nc2cc(C(C)(C)C)ccc2n1-c1cc(-n2c3ccccc3c3ccccc32)cc(N(c2ccc(C(C)(C)C)cc2)c2ccc(C(C)(C)C)cc2)c1Br. The van der Waals surface area contributed by atoms with Crippen molar-refractivity contribution in [3.63, 3.8) is 0 Å². The van der Waals surface area contributed by atoms with Crippen molar-refractivity contribution in [3.8, 4) is 22.8 Å². The number of aryl methyl sites for hydroxylation is 2. The van der Waals surface area contributed by atoms with Crippen LogP contribution in [0.3, 0.4) is 0 Å². The number of rotatable bonds is 6. The number of hydrogen-bond donors (Lipinski definition) is 0. The van der Waals surface area contributed by atoms with E-state index >= 15 is 0 Å². The van der Waals surface area contributed by atoms with Crippen LogP contribution >= 0.6 is 15.9 Å². The van der Waals surface area contributed by atoms with Crippen LogP contribution < -0.4 is 4.90 Å². The van der Waals surface area contributed by atoms with E-state index in [0.717, 1.165) is 66.4 Å². The van der Waals surface area contributed by atoms with Crippen LogP contribution in [-0.2, 0) is 16.2 Å². The predicted octanol–water partition coefficient (Wildman–Crippen LogP) is 16.5. The fourth-order valence-electron chi connectivity index (χ4n) is 9.01. The molecule has 0 amide bonds. The number of benzene rings is 7. The predicted molar refractivity (Wildman–Crippen MR) is 269 cm³/mol. The molecule has 0 unspecified atom stereocenters. The monoisotopic (exact) mass is 876 g/mol. The van der Waals surface area contributed by atoms with Gasteiger partial charge in [0.05, 0.1) is 43.6 Å². The highest BCUT2D eigenvalue weighted by atomic mass is 79.9. The lowest BCUT2D eigenvalue weighted by molar-refractivity contribution is 0.590. The normalized spacial score (nSPS) is 12.5. The van der Waals surface area contributed by atoms with Crippen molar-refractivity contribution in [2.24, 2.45) is 0 Å². The number of para-hydroxylation sites is 2. The Morgan fingerprint density at radius 3 is 1.47 bits per heavy atom. The average Bonchev–Trinajstić information content (AvgIpc) is 3.76. The minimum absolute atomic E-state index is 0.0152. The summed E-state index contributed by atoms with van der Waals surface area (Å²) in [4.78, 5) is 7.98. The molecule has 0 aliphatic rings. The molecule has 0 spiro atoms. The zero-order chi connectivity index (χ0) is 43.9. The van der Waals surface area contributed by atoms with Crippen LogP contribution in [-0.4, -0.2) is 14.1 Å². The van der Waals surface area contributed by atoms with E-state index in [1.165, 1.54) is 38.6 Å². The van der Waals surface area contributed by atoms with E-state index in [2.05, 4.69) is 252 Å². The molecule has 7 aromatic carbocycles. The minimum atomic E-state index is -0.0352. The fraction of sp³-hybridized carbons (Fsp3) is 0.246. The summed E-state index contributed by atoms with van der Waals surface area (Å²) in [7, 11) is 0. The van der Waals surface area contributed by atoms with Crippen LogP contribution in [0.2, 0.25) is 0 Å². The highest BCUT2D eigenvalue weighted by molar-refractivity contribution is 9.10. The Morgan fingerprint density at radius 2 is 0.968 bits per heavy atom. The van der Waals surface area contributed by atoms with Gasteiger partial charge in [-0.25, -0.2) is 4.98 Å². The summed E-state index contributed by atoms with van der Waals surface area (Å²) in [6.07, 6.45) is 0. The van der Waals surface area contributed by atoms with Crippen LogP contribution in [0.25, 0.3) is 55.6 Å². The van der Waals surface area contributed by atoms with Crippen molar-refractivity contribution in [3.05, 3.63) is 178 Å². The van der Waals surface area contributed by atoms with Gasteiger partial charge >= 0.3 is 0 Å².